The van der Waals surface area contributed by atoms with Gasteiger partial charge in [0.25, 0.3) is 0 Å². The fourth-order valence-electron chi connectivity index (χ4n) is 3.81. The van der Waals surface area contributed by atoms with E-state index in [0.29, 0.717) is 30.3 Å². The van der Waals surface area contributed by atoms with Gasteiger partial charge in [-0.1, -0.05) is 0 Å². The van der Waals surface area contributed by atoms with Gasteiger partial charge in [0.15, 0.2) is 5.65 Å². The first kappa shape index (κ1) is 18.7. The molecule has 1 aliphatic heterocycles. The van der Waals surface area contributed by atoms with Crippen molar-refractivity contribution in [1.82, 2.24) is 24.8 Å². The molecule has 4 aromatic rings. The van der Waals surface area contributed by atoms with Crippen molar-refractivity contribution >= 4 is 17.0 Å². The molecular formula is C22H21FN6O. The monoisotopic (exact) mass is 404 g/mol. The van der Waals surface area contributed by atoms with Crippen LogP contribution in [-0.2, 0) is 0 Å². The highest BCUT2D eigenvalue weighted by atomic mass is 19.1. The summed E-state index contributed by atoms with van der Waals surface area (Å²) in [5, 5.41) is 16.5. The second-order valence-electron chi connectivity index (χ2n) is 7.41. The van der Waals surface area contributed by atoms with E-state index in [-0.39, 0.29) is 18.0 Å². The predicted molar refractivity (Wildman–Crippen MR) is 113 cm³/mol. The summed E-state index contributed by atoms with van der Waals surface area (Å²) >= 11 is 0. The minimum atomic E-state index is -0.368. The molecule has 1 aliphatic rings. The van der Waals surface area contributed by atoms with Crippen molar-refractivity contribution in [2.24, 2.45) is 0 Å². The molecule has 3 N–H and O–H groups in total. The van der Waals surface area contributed by atoms with Gasteiger partial charge in [0.05, 0.1) is 11.8 Å². The van der Waals surface area contributed by atoms with Gasteiger partial charge in [0, 0.05) is 37.1 Å². The van der Waals surface area contributed by atoms with E-state index in [1.54, 1.807) is 24.5 Å². The topological polar surface area (TPSA) is 87.9 Å². The Morgan fingerprint density at radius 3 is 2.57 bits per heavy atom. The summed E-state index contributed by atoms with van der Waals surface area (Å²) in [5.74, 6) is 1.10. The van der Waals surface area contributed by atoms with Crippen molar-refractivity contribution in [3.8, 4) is 17.1 Å². The molecule has 1 saturated heterocycles. The predicted octanol–water partition coefficient (Wildman–Crippen LogP) is 2.76. The number of β-amino-alcohol motifs (C(OH)–C–C–N with tert-alkyl or cyclic N) is 1. The van der Waals surface area contributed by atoms with E-state index in [9.17, 15) is 9.50 Å². The lowest BCUT2D eigenvalue weighted by atomic mass is 10.1. The van der Waals surface area contributed by atoms with Crippen molar-refractivity contribution in [2.75, 3.05) is 18.4 Å². The summed E-state index contributed by atoms with van der Waals surface area (Å²) in [5.41, 5.74) is 3.08. The summed E-state index contributed by atoms with van der Waals surface area (Å²) in [6.45, 7) is 1.38. The first-order chi connectivity index (χ1) is 14.7. The van der Waals surface area contributed by atoms with Gasteiger partial charge in [0.1, 0.15) is 23.0 Å². The van der Waals surface area contributed by atoms with Crippen molar-refractivity contribution in [3.63, 3.8) is 0 Å². The van der Waals surface area contributed by atoms with Crippen LogP contribution in [-0.4, -0.2) is 49.9 Å². The Balaban J connectivity index is 1.61. The number of aromatic nitrogens is 4. The van der Waals surface area contributed by atoms with E-state index in [1.807, 2.05) is 28.8 Å². The maximum Gasteiger partial charge on any atom is 0.167 e. The van der Waals surface area contributed by atoms with Gasteiger partial charge in [-0.15, -0.1) is 0 Å². The number of piperidine rings is 1. The second-order valence-corrected chi connectivity index (χ2v) is 7.41. The highest BCUT2D eigenvalue weighted by Gasteiger charge is 2.21. The summed E-state index contributed by atoms with van der Waals surface area (Å²) in [4.78, 5) is 13.7. The first-order valence-electron chi connectivity index (χ1n) is 9.88. The van der Waals surface area contributed by atoms with Crippen LogP contribution >= 0.6 is 0 Å². The Labute approximate surface area is 172 Å². The average molecular weight is 404 g/mol. The lowest BCUT2D eigenvalue weighted by molar-refractivity contribution is 0.136. The number of hydrogen-bond donors (Lipinski definition) is 3. The smallest absolute Gasteiger partial charge is 0.167 e. The molecule has 2 atom stereocenters. The van der Waals surface area contributed by atoms with Gasteiger partial charge >= 0.3 is 0 Å². The molecule has 152 valence electrons. The van der Waals surface area contributed by atoms with Crippen LogP contribution in [0.3, 0.4) is 0 Å². The maximum absolute atomic E-state index is 13.5. The van der Waals surface area contributed by atoms with Crippen LogP contribution in [0.5, 0.6) is 0 Å². The standard InChI is InChI=1S/C22H21FN6O/c23-15-3-1-14(2-4-15)21-27-19-5-6-20(26-16-11-18(30)13-25-12-16)28-22(19)29(21)17-7-9-24-10-8-17/h1-10,16,18,25,30H,11-13H2,(H,26,28). The molecule has 2 unspecified atom stereocenters. The Bertz CT molecular complexity index is 1160. The molecule has 0 spiro atoms. The summed E-state index contributed by atoms with van der Waals surface area (Å²) in [6.07, 6.45) is 3.73. The normalized spacial score (nSPS) is 19.1. The summed E-state index contributed by atoms with van der Waals surface area (Å²) < 4.78 is 15.4. The second kappa shape index (κ2) is 7.81. The number of hydrogen-bond acceptors (Lipinski definition) is 6. The Hall–Kier alpha value is -3.36. The minimum absolute atomic E-state index is 0.0903. The molecule has 7 nitrogen and oxygen atoms in total. The van der Waals surface area contributed by atoms with Crippen molar-refractivity contribution in [2.45, 2.75) is 18.6 Å². The van der Waals surface area contributed by atoms with E-state index < -0.39 is 0 Å². The number of benzene rings is 1. The third-order valence-electron chi connectivity index (χ3n) is 5.21. The Kier molecular flexibility index (Phi) is 4.86. The van der Waals surface area contributed by atoms with Gasteiger partial charge < -0.3 is 15.7 Å². The third kappa shape index (κ3) is 3.62. The van der Waals surface area contributed by atoms with E-state index in [4.69, 9.17) is 9.97 Å². The van der Waals surface area contributed by atoms with Crippen molar-refractivity contribution < 1.29 is 9.50 Å². The van der Waals surface area contributed by atoms with E-state index >= 15 is 0 Å². The number of nitrogens with one attached hydrogen (secondary N) is 2. The number of fused-ring (bicyclic) bond motifs is 1. The largest absolute Gasteiger partial charge is 0.392 e. The quantitative estimate of drug-likeness (QED) is 0.485. The number of rotatable bonds is 4. The zero-order chi connectivity index (χ0) is 20.5. The Morgan fingerprint density at radius 1 is 1.00 bits per heavy atom. The van der Waals surface area contributed by atoms with E-state index in [0.717, 1.165) is 23.3 Å². The number of nitrogens with zero attached hydrogens (tertiary/aromatic N) is 4. The minimum Gasteiger partial charge on any atom is -0.392 e. The highest BCUT2D eigenvalue weighted by molar-refractivity contribution is 5.81. The van der Waals surface area contributed by atoms with E-state index in [2.05, 4.69) is 15.6 Å². The van der Waals surface area contributed by atoms with Crippen LogP contribution in [0, 0.1) is 5.82 Å². The van der Waals surface area contributed by atoms with Crippen LogP contribution < -0.4 is 10.6 Å². The molecule has 1 aromatic carbocycles. The Morgan fingerprint density at radius 2 is 1.80 bits per heavy atom. The third-order valence-corrected chi connectivity index (χ3v) is 5.21. The summed E-state index contributed by atoms with van der Waals surface area (Å²) in [6, 6.07) is 13.9. The molecule has 0 saturated carbocycles. The van der Waals surface area contributed by atoms with Crippen LogP contribution in [0.2, 0.25) is 0 Å². The van der Waals surface area contributed by atoms with Crippen LogP contribution in [0.1, 0.15) is 6.42 Å². The lowest BCUT2D eigenvalue weighted by Gasteiger charge is -2.27. The molecule has 4 heterocycles. The highest BCUT2D eigenvalue weighted by Crippen LogP contribution is 2.28. The van der Waals surface area contributed by atoms with Gasteiger partial charge in [-0.25, -0.2) is 14.4 Å². The van der Waals surface area contributed by atoms with Crippen LogP contribution in [0.4, 0.5) is 10.2 Å². The maximum atomic E-state index is 13.5. The number of aliphatic hydroxyl groups excluding tert-OH is 1. The molecule has 0 bridgehead atoms. The zero-order valence-electron chi connectivity index (χ0n) is 16.2. The van der Waals surface area contributed by atoms with Gasteiger partial charge in [-0.2, -0.15) is 0 Å². The first-order valence-corrected chi connectivity index (χ1v) is 9.88. The SMILES string of the molecule is OC1CNCC(Nc2ccc3nc(-c4ccc(F)cc4)n(-c4ccncc4)c3n2)C1. The van der Waals surface area contributed by atoms with Gasteiger partial charge in [-0.3, -0.25) is 9.55 Å². The summed E-state index contributed by atoms with van der Waals surface area (Å²) in [7, 11) is 0. The number of aliphatic hydroxyl groups is 1. The molecular weight excluding hydrogens is 383 g/mol. The molecule has 30 heavy (non-hydrogen) atoms. The zero-order valence-corrected chi connectivity index (χ0v) is 16.2. The van der Waals surface area contributed by atoms with Crippen LogP contribution in [0.15, 0.2) is 60.9 Å². The molecule has 0 radical (unpaired) electrons. The molecule has 3 aromatic heterocycles. The molecule has 1 fully saturated rings. The number of imidazole rings is 1. The average Bonchev–Trinajstić information content (AvgIpc) is 3.14. The number of pyridine rings is 2. The van der Waals surface area contributed by atoms with Crippen molar-refractivity contribution in [1.29, 1.82) is 0 Å². The molecule has 8 heteroatoms. The van der Waals surface area contributed by atoms with Crippen molar-refractivity contribution in [3.05, 3.63) is 66.7 Å². The van der Waals surface area contributed by atoms with E-state index in [1.165, 1.54) is 12.1 Å². The molecule has 0 aliphatic carbocycles. The van der Waals surface area contributed by atoms with Crippen LogP contribution in [0.25, 0.3) is 28.2 Å². The molecule has 0 amide bonds. The van der Waals surface area contributed by atoms with Gasteiger partial charge in [0.2, 0.25) is 0 Å². The lowest BCUT2D eigenvalue weighted by Crippen LogP contribution is -2.45. The molecule has 5 rings (SSSR count). The fourth-order valence-corrected chi connectivity index (χ4v) is 3.81. The number of halogens is 1. The number of anilines is 1. The van der Waals surface area contributed by atoms with Gasteiger partial charge in [-0.05, 0) is 55.0 Å². The fraction of sp³-hybridized carbons (Fsp3) is 0.227.